The van der Waals surface area contributed by atoms with Crippen molar-refractivity contribution >= 4 is 16.3 Å². The Morgan fingerprint density at radius 1 is 1.00 bits per heavy atom. The molecule has 0 bridgehead atoms. The second-order valence-corrected chi connectivity index (χ2v) is 8.17. The van der Waals surface area contributed by atoms with Crippen LogP contribution in [0.25, 0.3) is 5.57 Å². The smallest absolute Gasteiger partial charge is 0.168 e. The van der Waals surface area contributed by atoms with Crippen molar-refractivity contribution in [1.82, 2.24) is 0 Å². The number of rotatable bonds is 3. The van der Waals surface area contributed by atoms with Crippen LogP contribution >= 0.6 is 0 Å². The molecule has 0 aromatic heterocycles. The third-order valence-electron chi connectivity index (χ3n) is 5.44. The number of hydrogen-bond donors (Lipinski definition) is 1. The van der Waals surface area contributed by atoms with Gasteiger partial charge in [-0.05, 0) is 74.6 Å². The second kappa shape index (κ2) is 9.33. The van der Waals surface area contributed by atoms with Gasteiger partial charge in [0.15, 0.2) is 10.7 Å². The van der Waals surface area contributed by atoms with E-state index in [0.29, 0.717) is 10.8 Å². The highest BCUT2D eigenvalue weighted by atomic mass is 32.2. The molecule has 1 saturated heterocycles. The number of ether oxygens (including phenoxy) is 1. The zero-order valence-electron chi connectivity index (χ0n) is 15.4. The zero-order chi connectivity index (χ0) is 18.4. The summed E-state index contributed by atoms with van der Waals surface area (Å²) in [7, 11) is -2.51. The Morgan fingerprint density at radius 3 is 2.42 bits per heavy atom. The Kier molecular flexibility index (Phi) is 6.86. The van der Waals surface area contributed by atoms with E-state index >= 15 is 0 Å². The maximum atomic E-state index is 11.1. The lowest BCUT2D eigenvalue weighted by Gasteiger charge is -2.27. The lowest BCUT2D eigenvalue weighted by Crippen LogP contribution is -2.18. The van der Waals surface area contributed by atoms with Gasteiger partial charge in [-0.2, -0.15) is 0 Å². The summed E-state index contributed by atoms with van der Waals surface area (Å²) in [6.45, 7) is 4.09. The molecule has 26 heavy (non-hydrogen) atoms. The highest BCUT2D eigenvalue weighted by molar-refractivity contribution is 7.72. The number of thiol groups is 1. The summed E-state index contributed by atoms with van der Waals surface area (Å²) in [6, 6.07) is 7.17. The summed E-state index contributed by atoms with van der Waals surface area (Å²) < 4.78 is 27.7. The van der Waals surface area contributed by atoms with Gasteiger partial charge in [0, 0.05) is 13.2 Å². The first-order chi connectivity index (χ1) is 12.6. The van der Waals surface area contributed by atoms with Crippen molar-refractivity contribution in [3.05, 3.63) is 59.2 Å². The van der Waals surface area contributed by atoms with Gasteiger partial charge in [-0.3, -0.25) is 0 Å². The maximum absolute atomic E-state index is 11.1. The molecule has 1 fully saturated rings. The lowest BCUT2D eigenvalue weighted by atomic mass is 9.84. The highest BCUT2D eigenvalue weighted by Crippen LogP contribution is 2.32. The average Bonchev–Trinajstić information content (AvgIpc) is 2.67. The van der Waals surface area contributed by atoms with E-state index in [2.05, 4.69) is 25.2 Å². The van der Waals surface area contributed by atoms with E-state index in [-0.39, 0.29) is 0 Å². The maximum Gasteiger partial charge on any atom is 0.168 e. The fraction of sp³-hybridized carbons (Fsp3) is 0.455. The Hall–Kier alpha value is -1.65. The normalized spacial score (nSPS) is 26.3. The van der Waals surface area contributed by atoms with Crippen molar-refractivity contribution in [1.29, 1.82) is 0 Å². The zero-order valence-corrected chi connectivity index (χ0v) is 16.3. The van der Waals surface area contributed by atoms with Gasteiger partial charge >= 0.3 is 0 Å². The highest BCUT2D eigenvalue weighted by Gasteiger charge is 2.19. The van der Waals surface area contributed by atoms with Crippen LogP contribution in [0.2, 0.25) is 0 Å². The van der Waals surface area contributed by atoms with Gasteiger partial charge in [-0.1, -0.05) is 41.5 Å². The van der Waals surface area contributed by atoms with Crippen LogP contribution in [0.4, 0.5) is 0 Å². The standard InChI is InChI=1S/C22H28O3S/c1-17-5-4-7-18(19-9-11-21(12-10-19)26(23)24)6-2-3-8-22(17)20-13-15-25-16-14-20/h2,6-7,9-12,20,26H,3-5,8,13-16H2,1H3/b6-2-,18-7+,22-17-. The molecule has 1 aromatic rings. The number of allylic oxidation sites excluding steroid dienone is 6. The third kappa shape index (κ3) is 4.95. The lowest BCUT2D eigenvalue weighted by molar-refractivity contribution is 0.0746. The van der Waals surface area contributed by atoms with Crippen LogP contribution < -0.4 is 0 Å². The first-order valence-corrected chi connectivity index (χ1v) is 10.7. The third-order valence-corrected chi connectivity index (χ3v) is 6.15. The van der Waals surface area contributed by atoms with Crippen molar-refractivity contribution < 1.29 is 13.2 Å². The van der Waals surface area contributed by atoms with Crippen LogP contribution in [0.15, 0.2) is 58.5 Å². The summed E-state index contributed by atoms with van der Waals surface area (Å²) in [5.74, 6) is 0.696. The van der Waals surface area contributed by atoms with E-state index < -0.39 is 10.7 Å². The Bertz CT molecular complexity index is 768. The molecule has 1 heterocycles. The van der Waals surface area contributed by atoms with Crippen molar-refractivity contribution in [3.63, 3.8) is 0 Å². The molecule has 0 unspecified atom stereocenters. The molecule has 4 heteroatoms. The summed E-state index contributed by atoms with van der Waals surface area (Å²) in [4.78, 5) is 0.369. The molecule has 1 aliphatic heterocycles. The van der Waals surface area contributed by atoms with Gasteiger partial charge in [0.05, 0.1) is 4.90 Å². The van der Waals surface area contributed by atoms with E-state index in [0.717, 1.165) is 57.3 Å². The molecule has 3 nitrogen and oxygen atoms in total. The predicted octanol–water partition coefficient (Wildman–Crippen LogP) is 4.91. The van der Waals surface area contributed by atoms with Crippen LogP contribution in [0.5, 0.6) is 0 Å². The van der Waals surface area contributed by atoms with E-state index in [1.54, 1.807) is 23.3 Å². The van der Waals surface area contributed by atoms with E-state index in [1.807, 2.05) is 12.1 Å². The van der Waals surface area contributed by atoms with Gasteiger partial charge in [0.1, 0.15) is 0 Å². The van der Waals surface area contributed by atoms with Crippen molar-refractivity contribution in [2.45, 2.75) is 50.3 Å². The van der Waals surface area contributed by atoms with E-state index in [1.165, 1.54) is 5.57 Å². The van der Waals surface area contributed by atoms with Crippen LogP contribution in [0, 0.1) is 5.92 Å². The molecule has 140 valence electrons. The van der Waals surface area contributed by atoms with Gasteiger partial charge in [-0.15, -0.1) is 0 Å². The van der Waals surface area contributed by atoms with E-state index in [4.69, 9.17) is 4.74 Å². The van der Waals surface area contributed by atoms with Gasteiger partial charge in [0.2, 0.25) is 0 Å². The molecule has 0 N–H and O–H groups in total. The molecule has 0 amide bonds. The Morgan fingerprint density at radius 2 is 1.73 bits per heavy atom. The van der Waals surface area contributed by atoms with Crippen LogP contribution in [-0.4, -0.2) is 21.6 Å². The summed E-state index contributed by atoms with van der Waals surface area (Å²) in [5.41, 5.74) is 5.45. The van der Waals surface area contributed by atoms with Crippen LogP contribution in [-0.2, 0) is 15.4 Å². The molecule has 0 radical (unpaired) electrons. The molecular weight excluding hydrogens is 344 g/mol. The van der Waals surface area contributed by atoms with Crippen LogP contribution in [0.3, 0.4) is 0 Å². The molecule has 0 spiro atoms. The molecule has 0 atom stereocenters. The topological polar surface area (TPSA) is 43.4 Å². The summed E-state index contributed by atoms with van der Waals surface area (Å²) >= 11 is 0. The second-order valence-electron chi connectivity index (χ2n) is 7.14. The monoisotopic (exact) mass is 372 g/mol. The minimum atomic E-state index is -2.51. The number of benzene rings is 1. The largest absolute Gasteiger partial charge is 0.381 e. The van der Waals surface area contributed by atoms with Crippen molar-refractivity contribution in [2.75, 3.05) is 13.2 Å². The molecule has 1 aromatic carbocycles. The summed E-state index contributed by atoms with van der Waals surface area (Å²) in [5, 5.41) is 0. The van der Waals surface area contributed by atoms with Crippen LogP contribution in [0.1, 0.15) is 51.0 Å². The molecule has 0 saturated carbocycles. The van der Waals surface area contributed by atoms with E-state index in [9.17, 15) is 8.42 Å². The Labute approximate surface area is 158 Å². The van der Waals surface area contributed by atoms with Gasteiger partial charge < -0.3 is 4.74 Å². The van der Waals surface area contributed by atoms with Gasteiger partial charge in [0.25, 0.3) is 0 Å². The molecule has 2 aliphatic rings. The minimum absolute atomic E-state index is 0.369. The summed E-state index contributed by atoms with van der Waals surface area (Å²) in [6.07, 6.45) is 13.3. The van der Waals surface area contributed by atoms with Crippen molar-refractivity contribution in [2.24, 2.45) is 5.92 Å². The minimum Gasteiger partial charge on any atom is -0.381 e. The fourth-order valence-corrected chi connectivity index (χ4v) is 4.32. The van der Waals surface area contributed by atoms with Gasteiger partial charge in [-0.25, -0.2) is 8.42 Å². The molecule has 3 rings (SSSR count). The molecule has 1 aliphatic carbocycles. The first kappa shape index (κ1) is 19.1. The molecular formula is C22H28O3S. The van der Waals surface area contributed by atoms with Crippen molar-refractivity contribution in [3.8, 4) is 0 Å². The average molecular weight is 373 g/mol. The quantitative estimate of drug-likeness (QED) is 0.605. The predicted molar refractivity (Wildman–Crippen MR) is 107 cm³/mol. The first-order valence-electron chi connectivity index (χ1n) is 9.53. The fourth-order valence-electron chi connectivity index (χ4n) is 3.92. The Balaban J connectivity index is 1.76. The SMILES string of the molecule is C/C1=C(/C2CCOCC2)CC/C=C\C(c2ccc([SH](=O)=O)cc2)=C/CC1. The number of hydrogen-bond acceptors (Lipinski definition) is 3.